The minimum atomic E-state index is -1.64. The number of methoxy groups -OCH3 is 2. The molecule has 2 aromatic heterocycles. The van der Waals surface area contributed by atoms with E-state index in [4.69, 9.17) is 38.0 Å². The Hall–Kier alpha value is -5.76. The van der Waals surface area contributed by atoms with Crippen LogP contribution < -0.4 is 9.47 Å². The molecule has 1 aliphatic rings. The van der Waals surface area contributed by atoms with Gasteiger partial charge in [-0.25, -0.2) is 19.6 Å². The molecule has 1 aliphatic heterocycles. The van der Waals surface area contributed by atoms with E-state index in [9.17, 15) is 10.5 Å². The second kappa shape index (κ2) is 20.4. The molecule has 62 heavy (non-hydrogen) atoms. The van der Waals surface area contributed by atoms with Crippen molar-refractivity contribution in [1.29, 1.82) is 10.5 Å². The van der Waals surface area contributed by atoms with Crippen LogP contribution in [0, 0.1) is 22.7 Å². The summed E-state index contributed by atoms with van der Waals surface area (Å²) in [6.07, 6.45) is 2.52. The van der Waals surface area contributed by atoms with E-state index in [2.05, 4.69) is 61.6 Å². The second-order valence-electron chi connectivity index (χ2n) is 15.5. The molecule has 0 N–H and O–H groups in total. The summed E-state index contributed by atoms with van der Waals surface area (Å²) in [5.74, 6) is 1.44. The second-order valence-corrected chi connectivity index (χ2v) is 16.9. The van der Waals surface area contributed by atoms with Crippen molar-refractivity contribution in [2.75, 3.05) is 27.4 Å². The van der Waals surface area contributed by atoms with E-state index in [-0.39, 0.29) is 38.1 Å². The predicted molar refractivity (Wildman–Crippen MR) is 237 cm³/mol. The van der Waals surface area contributed by atoms with E-state index >= 15 is 0 Å². The lowest BCUT2D eigenvalue weighted by Crippen LogP contribution is -2.39. The van der Waals surface area contributed by atoms with Gasteiger partial charge in [-0.05, 0) is 80.3 Å². The third kappa shape index (κ3) is 9.50. The smallest absolute Gasteiger partial charge is 0.259 e. The van der Waals surface area contributed by atoms with E-state index in [0.717, 1.165) is 39.3 Å². The van der Waals surface area contributed by atoms with Crippen molar-refractivity contribution in [3.05, 3.63) is 138 Å². The maximum Gasteiger partial charge on any atom is 0.259 e. The molecule has 13 nitrogen and oxygen atoms in total. The summed E-state index contributed by atoms with van der Waals surface area (Å²) in [6, 6.07) is 38.4. The van der Waals surface area contributed by atoms with Gasteiger partial charge in [-0.1, -0.05) is 72.8 Å². The van der Waals surface area contributed by atoms with Crippen LogP contribution in [0.4, 0.5) is 0 Å². The van der Waals surface area contributed by atoms with Crippen LogP contribution in [0.25, 0.3) is 22.4 Å². The predicted octanol–water partition coefficient (Wildman–Crippen LogP) is 9.53. The van der Waals surface area contributed by atoms with Gasteiger partial charge in [0.15, 0.2) is 5.65 Å². The van der Waals surface area contributed by atoms with Crippen molar-refractivity contribution in [2.45, 2.75) is 83.1 Å². The van der Waals surface area contributed by atoms with Gasteiger partial charge < -0.3 is 28.0 Å². The standard InChI is InChI=1S/C48H52N7O6P/c1-33(2)55(34(3)4)62(59-27-11-25-49)61-42-29-44(54-32-53-46-45(51-31-52-47(46)54)36-13-10-12-35(28-36)24-26-50)60-43(42)30-58-48(37-14-8-7-9-15-37,38-16-20-40(56-5)21-17-38)39-18-22-41(57-6)23-19-39/h7-10,12-23,28,31-34,42-44H,11,24,27,29-30H2,1-6H3/t42-,43+,44+,62?/m0/s1. The van der Waals surface area contributed by atoms with Crippen LogP contribution in [0.3, 0.4) is 0 Å². The van der Waals surface area contributed by atoms with Gasteiger partial charge in [0, 0.05) is 24.1 Å². The van der Waals surface area contributed by atoms with Crippen LogP contribution in [-0.4, -0.2) is 75.9 Å². The first-order chi connectivity index (χ1) is 30.2. The van der Waals surface area contributed by atoms with Crippen molar-refractivity contribution in [3.8, 4) is 34.9 Å². The van der Waals surface area contributed by atoms with E-state index in [1.807, 2.05) is 95.6 Å². The normalized spacial score (nSPS) is 17.0. The SMILES string of the molecule is COc1ccc(C(OC[C@H]2O[C@@H](n3cnc4c(-c5cccc(CC#N)c5)ncnc43)C[C@@H]2OP(OCCC#N)N(C(C)C)C(C)C)(c2ccccc2)c2ccc(OC)cc2)cc1. The third-order valence-electron chi connectivity index (χ3n) is 10.9. The first kappa shape index (κ1) is 44.3. The lowest BCUT2D eigenvalue weighted by Gasteiger charge is -2.39. The van der Waals surface area contributed by atoms with E-state index < -0.39 is 32.6 Å². The number of aromatic nitrogens is 4. The lowest BCUT2D eigenvalue weighted by molar-refractivity contribution is -0.0912. The molecule has 6 aromatic rings. The first-order valence-corrected chi connectivity index (χ1v) is 21.9. The Kier molecular flexibility index (Phi) is 14.6. The number of nitrogens with zero attached hydrogens (tertiary/aromatic N) is 7. The number of fused-ring (bicyclic) bond motifs is 1. The van der Waals surface area contributed by atoms with Crippen molar-refractivity contribution in [1.82, 2.24) is 24.2 Å². The summed E-state index contributed by atoms with van der Waals surface area (Å²) in [4.78, 5) is 14.2. The zero-order valence-electron chi connectivity index (χ0n) is 35.9. The molecule has 4 aromatic carbocycles. The Balaban J connectivity index is 1.31. The minimum absolute atomic E-state index is 0.0891. The molecule has 0 spiro atoms. The fraction of sp³-hybridized carbons (Fsp3) is 0.354. The molecule has 1 fully saturated rings. The summed E-state index contributed by atoms with van der Waals surface area (Å²) in [5.41, 5.74) is 5.18. The fourth-order valence-corrected chi connectivity index (χ4v) is 9.78. The summed E-state index contributed by atoms with van der Waals surface area (Å²) in [6.45, 7) is 8.79. The molecule has 320 valence electrons. The van der Waals surface area contributed by atoms with Gasteiger partial charge in [-0.15, -0.1) is 0 Å². The maximum absolute atomic E-state index is 9.45. The quantitative estimate of drug-likeness (QED) is 0.0434. The minimum Gasteiger partial charge on any atom is -0.497 e. The number of benzene rings is 4. The Morgan fingerprint density at radius 1 is 0.823 bits per heavy atom. The Morgan fingerprint density at radius 3 is 2.10 bits per heavy atom. The molecule has 7 rings (SSSR count). The molecule has 1 saturated heterocycles. The average molecular weight is 854 g/mol. The average Bonchev–Trinajstić information content (AvgIpc) is 3.91. The molecule has 3 heterocycles. The highest BCUT2D eigenvalue weighted by atomic mass is 31.2. The number of rotatable bonds is 19. The third-order valence-corrected chi connectivity index (χ3v) is 13.0. The monoisotopic (exact) mass is 853 g/mol. The van der Waals surface area contributed by atoms with E-state index in [1.165, 1.54) is 6.33 Å². The van der Waals surface area contributed by atoms with Gasteiger partial charge in [0.05, 0.1) is 64.8 Å². The molecule has 0 amide bonds. The highest BCUT2D eigenvalue weighted by molar-refractivity contribution is 7.44. The molecular weight excluding hydrogens is 802 g/mol. The molecule has 14 heteroatoms. The van der Waals surface area contributed by atoms with E-state index in [0.29, 0.717) is 23.3 Å². The van der Waals surface area contributed by atoms with Crippen LogP contribution in [-0.2, 0) is 30.5 Å². The summed E-state index contributed by atoms with van der Waals surface area (Å²) in [5, 5.41) is 18.8. The first-order valence-electron chi connectivity index (χ1n) is 20.7. The van der Waals surface area contributed by atoms with Crippen LogP contribution in [0.1, 0.15) is 69.0 Å². The van der Waals surface area contributed by atoms with Gasteiger partial charge in [-0.3, -0.25) is 4.57 Å². The maximum atomic E-state index is 9.45. The summed E-state index contributed by atoms with van der Waals surface area (Å²) < 4.78 is 43.3. The van der Waals surface area contributed by atoms with Gasteiger partial charge in [0.2, 0.25) is 0 Å². The van der Waals surface area contributed by atoms with Crippen LogP contribution in [0.5, 0.6) is 11.5 Å². The van der Waals surface area contributed by atoms with Gasteiger partial charge in [0.1, 0.15) is 47.0 Å². The van der Waals surface area contributed by atoms with Crippen molar-refractivity contribution < 1.29 is 28.0 Å². The van der Waals surface area contributed by atoms with Crippen LogP contribution in [0.15, 0.2) is 116 Å². The van der Waals surface area contributed by atoms with Crippen molar-refractivity contribution in [2.24, 2.45) is 0 Å². The summed E-state index contributed by atoms with van der Waals surface area (Å²) >= 11 is 0. The molecule has 0 saturated carbocycles. The van der Waals surface area contributed by atoms with Crippen LogP contribution in [0.2, 0.25) is 0 Å². The van der Waals surface area contributed by atoms with E-state index in [1.54, 1.807) is 20.5 Å². The highest BCUT2D eigenvalue weighted by Gasteiger charge is 2.45. The fourth-order valence-electron chi connectivity index (χ4n) is 8.02. The number of hydrogen-bond donors (Lipinski definition) is 0. The Labute approximate surface area is 364 Å². The van der Waals surface area contributed by atoms with Gasteiger partial charge in [-0.2, -0.15) is 10.5 Å². The number of ether oxygens (including phenoxy) is 4. The number of imidazole rings is 1. The molecule has 1 unspecified atom stereocenters. The number of hydrogen-bond acceptors (Lipinski definition) is 12. The molecule has 0 bridgehead atoms. The zero-order valence-corrected chi connectivity index (χ0v) is 36.8. The Morgan fingerprint density at radius 2 is 1.48 bits per heavy atom. The van der Waals surface area contributed by atoms with Gasteiger partial charge in [0.25, 0.3) is 8.53 Å². The zero-order chi connectivity index (χ0) is 43.6. The van der Waals surface area contributed by atoms with Crippen molar-refractivity contribution in [3.63, 3.8) is 0 Å². The largest absolute Gasteiger partial charge is 0.497 e. The van der Waals surface area contributed by atoms with Gasteiger partial charge >= 0.3 is 0 Å². The molecule has 4 atom stereocenters. The summed E-state index contributed by atoms with van der Waals surface area (Å²) in [7, 11) is 1.66. The molecule has 0 aliphatic carbocycles. The van der Waals surface area contributed by atoms with Crippen molar-refractivity contribution >= 4 is 19.7 Å². The topological polar surface area (TPSA) is 150 Å². The Bertz CT molecular complexity index is 2410. The lowest BCUT2D eigenvalue weighted by atomic mass is 9.80. The number of nitriles is 2. The molecule has 0 radical (unpaired) electrons. The molecular formula is C48H52N7O6P. The van der Waals surface area contributed by atoms with Crippen LogP contribution >= 0.6 is 8.53 Å². The highest BCUT2D eigenvalue weighted by Crippen LogP contribution is 2.51.